The highest BCUT2D eigenvalue weighted by molar-refractivity contribution is 6.33. The minimum absolute atomic E-state index is 0.0366. The molecule has 0 aliphatic carbocycles. The lowest BCUT2D eigenvalue weighted by Crippen LogP contribution is -2.44. The van der Waals surface area contributed by atoms with Crippen LogP contribution < -0.4 is 15.0 Å². The number of pyridine rings is 6. The van der Waals surface area contributed by atoms with Gasteiger partial charge in [-0.1, -0.05) is 91.3 Å². The summed E-state index contributed by atoms with van der Waals surface area (Å²) in [5.41, 5.74) is 9.83. The van der Waals surface area contributed by atoms with Gasteiger partial charge in [0, 0.05) is 99.2 Å². The third kappa shape index (κ3) is 14.5. The van der Waals surface area contributed by atoms with E-state index < -0.39 is 17.5 Å². The van der Waals surface area contributed by atoms with Crippen LogP contribution in [0.15, 0.2) is 198 Å². The van der Waals surface area contributed by atoms with Gasteiger partial charge in [-0.05, 0) is 158 Å². The Bertz CT molecular complexity index is 4540. The number of ether oxygens (including phenoxy) is 3. The molecule has 0 fully saturated rings. The summed E-state index contributed by atoms with van der Waals surface area (Å²) < 4.78 is 25.4. The zero-order chi connectivity index (χ0) is 67.0. The zero-order valence-electron chi connectivity index (χ0n) is 54.1. The van der Waals surface area contributed by atoms with Crippen LogP contribution >= 0.6 is 11.6 Å². The minimum atomic E-state index is -1.95. The van der Waals surface area contributed by atoms with Crippen LogP contribution in [-0.2, 0) is 80.5 Å². The van der Waals surface area contributed by atoms with Crippen molar-refractivity contribution in [2.45, 2.75) is 111 Å². The highest BCUT2D eigenvalue weighted by atomic mass is 35.5. The summed E-state index contributed by atoms with van der Waals surface area (Å²) in [4.78, 5) is 86.0. The topological polar surface area (TPSA) is 221 Å². The van der Waals surface area contributed by atoms with Gasteiger partial charge in [-0.15, -0.1) is 0 Å². The number of rotatable bonds is 26. The molecular formula is C77H71ClN10O9. The van der Waals surface area contributed by atoms with E-state index in [0.717, 1.165) is 61.7 Å². The van der Waals surface area contributed by atoms with E-state index in [2.05, 4.69) is 53.1 Å². The smallest absolute Gasteiger partial charge is 0.343 e. The molecule has 0 saturated heterocycles. The quantitative estimate of drug-likeness (QED) is 0.0302. The molecule has 2 aliphatic heterocycles. The van der Waals surface area contributed by atoms with Gasteiger partial charge in [-0.2, -0.15) is 0 Å². The maximum absolute atomic E-state index is 15.1. The van der Waals surface area contributed by atoms with Crippen molar-refractivity contribution in [2.24, 2.45) is 0 Å². The number of aromatic nitrogens is 7. The Morgan fingerprint density at radius 1 is 0.649 bits per heavy atom. The van der Waals surface area contributed by atoms with Crippen LogP contribution in [-0.4, -0.2) is 85.4 Å². The molecule has 97 heavy (non-hydrogen) atoms. The first-order chi connectivity index (χ1) is 47.3. The normalized spacial score (nSPS) is 13.9. The monoisotopic (exact) mass is 1310 g/mol. The molecule has 0 unspecified atom stereocenters. The number of nitrogens with zero attached hydrogens (tertiary/aromatic N) is 10. The van der Waals surface area contributed by atoms with E-state index in [-0.39, 0.29) is 48.7 Å². The first kappa shape index (κ1) is 65.1. The van der Waals surface area contributed by atoms with Crippen molar-refractivity contribution < 1.29 is 38.2 Å². The second-order valence-electron chi connectivity index (χ2n) is 24.4. The summed E-state index contributed by atoms with van der Waals surface area (Å²) in [6.45, 7) is 9.83. The van der Waals surface area contributed by atoms with Crippen LogP contribution in [0.3, 0.4) is 0 Å². The molecule has 20 heteroatoms. The van der Waals surface area contributed by atoms with E-state index in [9.17, 15) is 19.5 Å². The average molecular weight is 1320 g/mol. The Balaban J connectivity index is 0.731. The number of esters is 2. The molecule has 9 heterocycles. The van der Waals surface area contributed by atoms with Crippen LogP contribution in [0.5, 0.6) is 11.5 Å². The van der Waals surface area contributed by atoms with E-state index in [0.29, 0.717) is 128 Å². The number of carbonyl (C=O) groups excluding carboxylic acids is 3. The van der Waals surface area contributed by atoms with E-state index in [4.69, 9.17) is 35.3 Å². The molecule has 19 nitrogen and oxygen atoms in total. The number of aryl methyl sites for hydroxylation is 2. The third-order valence-corrected chi connectivity index (χ3v) is 18.1. The van der Waals surface area contributed by atoms with Gasteiger partial charge < -0.3 is 33.3 Å². The number of cyclic esters (lactones) is 1. The number of carbonyl (C=O) groups is 3. The molecule has 2 aliphatic rings. The van der Waals surface area contributed by atoms with Crippen molar-refractivity contribution in [3.05, 3.63) is 283 Å². The number of fused-ring (bicyclic) bond motifs is 5. The van der Waals surface area contributed by atoms with Gasteiger partial charge in [-0.3, -0.25) is 39.3 Å². The van der Waals surface area contributed by atoms with Crippen LogP contribution in [0.1, 0.15) is 121 Å². The maximum atomic E-state index is 15.1. The fourth-order valence-corrected chi connectivity index (χ4v) is 13.2. The minimum Gasteiger partial charge on any atom is -0.494 e. The summed E-state index contributed by atoms with van der Waals surface area (Å²) in [7, 11) is 0. The number of halogens is 1. The van der Waals surface area contributed by atoms with Crippen LogP contribution in [0.25, 0.3) is 33.5 Å². The summed E-state index contributed by atoms with van der Waals surface area (Å²) in [6.07, 6.45) is 9.04. The van der Waals surface area contributed by atoms with Crippen LogP contribution in [0.4, 0.5) is 0 Å². The molecule has 13 rings (SSSR count). The molecule has 0 radical (unpaired) electrons. The van der Waals surface area contributed by atoms with E-state index in [1.807, 2.05) is 129 Å². The Kier molecular flexibility index (Phi) is 19.6. The summed E-state index contributed by atoms with van der Waals surface area (Å²) in [5.74, 6) is -0.307. The fraction of sp³-hybridized carbons (Fsp3) is 0.247. The lowest BCUT2D eigenvalue weighted by atomic mass is 9.86. The van der Waals surface area contributed by atoms with Crippen molar-refractivity contribution in [3.63, 3.8) is 0 Å². The van der Waals surface area contributed by atoms with E-state index in [1.54, 1.807) is 71.8 Å². The SMILES string of the molecule is CCc1c2c(nc3ccc(OC(=O)c4ccc(CN(CCCCOc5cc(CN(Cc6ccccn6)Cc6ccccn6)cc(CN(Cc6ccccn6)Cc6ccccn6)c5)C(=O)c5c(-c6ccccc6Cl)noc5C)cc4)cc13)-c1cc3c(c(=O)n1C2)COC(=O)[C@]3(O)CC. The lowest BCUT2D eigenvalue weighted by Gasteiger charge is -2.31. The van der Waals surface area contributed by atoms with Crippen LogP contribution in [0, 0.1) is 6.92 Å². The number of amides is 1. The van der Waals surface area contributed by atoms with Crippen molar-refractivity contribution in [2.75, 3.05) is 13.2 Å². The van der Waals surface area contributed by atoms with Crippen LogP contribution in [0.2, 0.25) is 5.02 Å². The number of unbranched alkanes of at least 4 members (excludes halogenated alkanes) is 1. The Labute approximate surface area is 566 Å². The largest absolute Gasteiger partial charge is 0.494 e. The number of aliphatic hydroxyl groups is 1. The number of hydrogen-bond donors (Lipinski definition) is 1. The molecule has 1 amide bonds. The zero-order valence-corrected chi connectivity index (χ0v) is 54.8. The molecule has 1 atom stereocenters. The Hall–Kier alpha value is -10.6. The fourth-order valence-electron chi connectivity index (χ4n) is 12.9. The molecule has 7 aromatic heterocycles. The van der Waals surface area contributed by atoms with E-state index in [1.165, 1.54) is 0 Å². The molecule has 1 N–H and O–H groups in total. The highest BCUT2D eigenvalue weighted by Crippen LogP contribution is 2.41. The van der Waals surface area contributed by atoms with Gasteiger partial charge in [0.25, 0.3) is 11.5 Å². The van der Waals surface area contributed by atoms with Gasteiger partial charge >= 0.3 is 11.9 Å². The Morgan fingerprint density at radius 2 is 1.26 bits per heavy atom. The Morgan fingerprint density at radius 3 is 1.84 bits per heavy atom. The summed E-state index contributed by atoms with van der Waals surface area (Å²) in [5, 5.41) is 16.9. The predicted octanol–water partition coefficient (Wildman–Crippen LogP) is 13.0. The van der Waals surface area contributed by atoms with Crippen molar-refractivity contribution in [3.8, 4) is 34.1 Å². The molecular weight excluding hydrogens is 1240 g/mol. The van der Waals surface area contributed by atoms with Crippen molar-refractivity contribution in [1.82, 2.24) is 49.3 Å². The molecule has 0 bridgehead atoms. The number of hydrogen-bond acceptors (Lipinski definition) is 17. The number of benzene rings is 4. The maximum Gasteiger partial charge on any atom is 0.343 e. The molecule has 4 aromatic carbocycles. The van der Waals surface area contributed by atoms with Crippen molar-refractivity contribution >= 4 is 40.3 Å². The molecule has 0 spiro atoms. The molecule has 490 valence electrons. The van der Waals surface area contributed by atoms with Gasteiger partial charge in [0.15, 0.2) is 5.60 Å². The summed E-state index contributed by atoms with van der Waals surface area (Å²) >= 11 is 6.72. The second-order valence-corrected chi connectivity index (χ2v) is 24.8. The lowest BCUT2D eigenvalue weighted by molar-refractivity contribution is -0.172. The van der Waals surface area contributed by atoms with Gasteiger partial charge in [0.05, 0.1) is 69.0 Å². The van der Waals surface area contributed by atoms with Gasteiger partial charge in [0.2, 0.25) is 0 Å². The third-order valence-electron chi connectivity index (χ3n) is 17.8. The van der Waals surface area contributed by atoms with Gasteiger partial charge in [-0.25, -0.2) is 14.6 Å². The first-order valence-electron chi connectivity index (χ1n) is 32.5. The first-order valence-corrected chi connectivity index (χ1v) is 32.9. The van der Waals surface area contributed by atoms with Crippen molar-refractivity contribution in [1.29, 1.82) is 0 Å². The standard InChI is InChI=1S/C77H71ClN10O9/c1-4-61-63-39-59(28-29-68(63)83-71-64(61)48-88-69(71)40-66-65(73(88)89)49-95-76(92)77(66,93)5-2)96-75(91)54-26-24-51(25-27-54)43-87(74(90)70-50(3)97-84-72(70)62-22-6-7-23-67(62)78)34-16-17-35-94-60-37-52(41-85(44-55-18-8-12-30-79-55)45-56-19-9-13-31-80-56)36-53(38-60)42-86(46-57-20-10-14-32-81-57)47-58-21-11-15-33-82-58/h6-15,18-33,36-40,93H,4-5,16-17,34-35,41-49H2,1-3H3/t77-/m0/s1. The summed E-state index contributed by atoms with van der Waals surface area (Å²) in [6, 6.07) is 51.4. The average Bonchev–Trinajstić information content (AvgIpc) is 1.67. The molecule has 11 aromatic rings. The van der Waals surface area contributed by atoms with E-state index >= 15 is 4.79 Å². The highest BCUT2D eigenvalue weighted by Gasteiger charge is 2.45. The van der Waals surface area contributed by atoms with Gasteiger partial charge in [0.1, 0.15) is 35.1 Å². The molecule has 0 saturated carbocycles. The second kappa shape index (κ2) is 29.2. The predicted molar refractivity (Wildman–Crippen MR) is 366 cm³/mol.